The Morgan fingerprint density at radius 3 is 2.14 bits per heavy atom. The Kier molecular flexibility index (Phi) is 6.63. The van der Waals surface area contributed by atoms with Crippen molar-refractivity contribution in [1.29, 1.82) is 5.26 Å². The molecule has 1 aromatic rings. The van der Waals surface area contributed by atoms with Crippen molar-refractivity contribution in [3.63, 3.8) is 0 Å². The fourth-order valence-corrected chi connectivity index (χ4v) is 3.56. The summed E-state index contributed by atoms with van der Waals surface area (Å²) in [7, 11) is 0. The van der Waals surface area contributed by atoms with Crippen molar-refractivity contribution in [2.24, 2.45) is 5.41 Å². The first-order valence-corrected chi connectivity index (χ1v) is 10.3. The number of rotatable bonds is 4. The van der Waals surface area contributed by atoms with Crippen LogP contribution in [0.5, 0.6) is 0 Å². The van der Waals surface area contributed by atoms with E-state index in [1.165, 1.54) is 0 Å². The molecule has 0 amide bonds. The second-order valence-corrected chi connectivity index (χ2v) is 9.96. The molecular weight excluding hydrogens is 360 g/mol. The van der Waals surface area contributed by atoms with Gasteiger partial charge in [-0.1, -0.05) is 57.5 Å². The maximum Gasteiger partial charge on any atom is 0.337 e. The monoisotopic (exact) mass is 394 g/mol. The number of esters is 1. The van der Waals surface area contributed by atoms with Gasteiger partial charge >= 0.3 is 5.97 Å². The van der Waals surface area contributed by atoms with Crippen LogP contribution in [-0.2, 0) is 9.53 Å². The lowest BCUT2D eigenvalue weighted by molar-refractivity contribution is -0.150. The number of nitrogens with one attached hydrogen (secondary N) is 1. The van der Waals surface area contributed by atoms with Crippen LogP contribution in [0.4, 0.5) is 0 Å². The highest BCUT2D eigenvalue weighted by Crippen LogP contribution is 2.42. The van der Waals surface area contributed by atoms with Crippen LogP contribution in [0, 0.1) is 23.7 Å². The van der Waals surface area contributed by atoms with E-state index < -0.39 is 11.5 Å². The molecule has 1 unspecified atom stereocenters. The van der Waals surface area contributed by atoms with E-state index in [-0.39, 0.29) is 11.4 Å². The number of hydrogen-bond donors (Lipinski definition) is 1. The van der Waals surface area contributed by atoms with Crippen LogP contribution >= 0.6 is 0 Å². The van der Waals surface area contributed by atoms with E-state index >= 15 is 0 Å². The second kappa shape index (κ2) is 8.45. The molecule has 156 valence electrons. The van der Waals surface area contributed by atoms with E-state index in [9.17, 15) is 10.1 Å². The van der Waals surface area contributed by atoms with E-state index in [0.717, 1.165) is 28.9 Å². The predicted octanol–water partition coefficient (Wildman–Crippen LogP) is 5.90. The van der Waals surface area contributed by atoms with Crippen LogP contribution in [-0.4, -0.2) is 11.6 Å². The van der Waals surface area contributed by atoms with Crippen molar-refractivity contribution in [2.45, 2.75) is 79.8 Å². The highest BCUT2D eigenvalue weighted by molar-refractivity contribution is 5.93. The number of allylic oxidation sites excluding steroid dienone is 3. The van der Waals surface area contributed by atoms with Gasteiger partial charge in [-0.2, -0.15) is 5.26 Å². The first-order chi connectivity index (χ1) is 13.4. The minimum atomic E-state index is -0.608. The van der Waals surface area contributed by atoms with Crippen molar-refractivity contribution >= 4 is 5.97 Å². The van der Waals surface area contributed by atoms with E-state index in [1.54, 1.807) is 0 Å². The number of nitriles is 1. The summed E-state index contributed by atoms with van der Waals surface area (Å²) in [4.78, 5) is 13.2. The third-order valence-electron chi connectivity index (χ3n) is 4.74. The number of nitrogens with zero attached hydrogens (tertiary/aromatic N) is 1. The molecule has 0 aromatic heterocycles. The number of aryl methyl sites for hydroxylation is 1. The average molecular weight is 395 g/mol. The van der Waals surface area contributed by atoms with Crippen molar-refractivity contribution in [3.8, 4) is 6.07 Å². The number of benzene rings is 1. The zero-order valence-electron chi connectivity index (χ0n) is 19.1. The van der Waals surface area contributed by atoms with Gasteiger partial charge in [0.1, 0.15) is 5.60 Å². The summed E-state index contributed by atoms with van der Waals surface area (Å²) in [5, 5.41) is 13.5. The topological polar surface area (TPSA) is 62.1 Å². The van der Waals surface area contributed by atoms with Crippen LogP contribution in [0.3, 0.4) is 0 Å². The third kappa shape index (κ3) is 5.73. The largest absolute Gasteiger partial charge is 0.457 e. The van der Waals surface area contributed by atoms with E-state index in [0.29, 0.717) is 17.6 Å². The lowest BCUT2D eigenvalue weighted by atomic mass is 9.77. The van der Waals surface area contributed by atoms with Crippen LogP contribution in [0.25, 0.3) is 0 Å². The summed E-state index contributed by atoms with van der Waals surface area (Å²) in [5.74, 6) is -0.793. The average Bonchev–Trinajstić information content (AvgIpc) is 2.58. The minimum absolute atomic E-state index is 0.00450. The lowest BCUT2D eigenvalue weighted by Gasteiger charge is -2.34. The van der Waals surface area contributed by atoms with Crippen LogP contribution in [0.2, 0.25) is 0 Å². The highest BCUT2D eigenvalue weighted by atomic mass is 16.6. The zero-order valence-corrected chi connectivity index (χ0v) is 19.1. The molecule has 1 atom stereocenters. The molecule has 4 nitrogen and oxygen atoms in total. The summed E-state index contributed by atoms with van der Waals surface area (Å²) >= 11 is 0. The highest BCUT2D eigenvalue weighted by Gasteiger charge is 2.37. The Hall–Kier alpha value is -2.54. The Labute approximate surface area is 175 Å². The molecule has 1 aliphatic heterocycles. The Balaban J connectivity index is 2.70. The predicted molar refractivity (Wildman–Crippen MR) is 117 cm³/mol. The Morgan fingerprint density at radius 2 is 1.69 bits per heavy atom. The van der Waals surface area contributed by atoms with Crippen LogP contribution in [0.1, 0.15) is 78.4 Å². The van der Waals surface area contributed by atoms with Gasteiger partial charge in [-0.25, -0.2) is 4.79 Å². The fourth-order valence-electron chi connectivity index (χ4n) is 3.56. The second-order valence-electron chi connectivity index (χ2n) is 9.96. The molecule has 4 heteroatoms. The van der Waals surface area contributed by atoms with Gasteiger partial charge in [-0.15, -0.1) is 0 Å². The van der Waals surface area contributed by atoms with Crippen molar-refractivity contribution in [2.75, 3.05) is 0 Å². The third-order valence-corrected chi connectivity index (χ3v) is 4.74. The Bertz CT molecular complexity index is 869. The summed E-state index contributed by atoms with van der Waals surface area (Å²) in [6.07, 6.45) is 1.38. The van der Waals surface area contributed by atoms with Crippen LogP contribution < -0.4 is 5.32 Å². The maximum absolute atomic E-state index is 13.2. The summed E-state index contributed by atoms with van der Waals surface area (Å²) in [6.45, 7) is 16.1. The van der Waals surface area contributed by atoms with Crippen molar-refractivity contribution < 1.29 is 9.53 Å². The molecule has 0 spiro atoms. The molecule has 1 aliphatic rings. The number of carbonyl (C=O) groups is 1. The summed E-state index contributed by atoms with van der Waals surface area (Å²) in [6, 6.07) is 10.5. The van der Waals surface area contributed by atoms with Crippen LogP contribution in [0.15, 0.2) is 46.8 Å². The number of hydrogen-bond acceptors (Lipinski definition) is 4. The molecule has 1 N–H and O–H groups in total. The molecule has 29 heavy (non-hydrogen) atoms. The molecule has 0 saturated heterocycles. The standard InChI is InChI=1S/C25H34N2O2/c1-9-19-22(23(28)29-25(6,7)8)21(17-12-10-16(2)11-13-17)18(15-26)20(27-19)14-24(3,4)5/h10-13,21,27H,9,14H2,1-8H3. The van der Waals surface area contributed by atoms with E-state index in [2.05, 4.69) is 32.2 Å². The number of dihydropyridines is 1. The van der Waals surface area contributed by atoms with E-state index in [1.807, 2.05) is 58.9 Å². The number of ether oxygens (including phenoxy) is 1. The quantitative estimate of drug-likeness (QED) is 0.646. The fraction of sp³-hybridized carbons (Fsp3) is 0.520. The molecule has 1 heterocycles. The first-order valence-electron chi connectivity index (χ1n) is 10.3. The van der Waals surface area contributed by atoms with Gasteiger partial charge in [-0.05, 0) is 51.5 Å². The lowest BCUT2D eigenvalue weighted by Crippen LogP contribution is -2.34. The molecule has 0 saturated carbocycles. The molecule has 0 fully saturated rings. The van der Waals surface area contributed by atoms with Gasteiger partial charge in [-0.3, -0.25) is 0 Å². The summed E-state index contributed by atoms with van der Waals surface area (Å²) in [5.41, 5.74) is 4.35. The first kappa shape index (κ1) is 22.7. The zero-order chi connectivity index (χ0) is 22.0. The van der Waals surface area contributed by atoms with Gasteiger partial charge in [0.15, 0.2) is 0 Å². The molecule has 0 radical (unpaired) electrons. The van der Waals surface area contributed by atoms with Crippen molar-refractivity contribution in [1.82, 2.24) is 5.32 Å². The molecule has 0 bridgehead atoms. The normalized spacial score (nSPS) is 17.7. The van der Waals surface area contributed by atoms with Gasteiger partial charge in [0.2, 0.25) is 0 Å². The van der Waals surface area contributed by atoms with E-state index in [4.69, 9.17) is 4.74 Å². The van der Waals surface area contributed by atoms with Crippen molar-refractivity contribution in [3.05, 3.63) is 57.9 Å². The SMILES string of the molecule is CCC1=C(C(=O)OC(C)(C)C)C(c2ccc(C)cc2)C(C#N)=C(CC(C)(C)C)N1. The Morgan fingerprint density at radius 1 is 1.10 bits per heavy atom. The minimum Gasteiger partial charge on any atom is -0.457 e. The molecule has 1 aromatic carbocycles. The number of carbonyl (C=O) groups excluding carboxylic acids is 1. The molecular formula is C25H34N2O2. The molecule has 0 aliphatic carbocycles. The molecule has 2 rings (SSSR count). The maximum atomic E-state index is 13.2. The summed E-state index contributed by atoms with van der Waals surface area (Å²) < 4.78 is 5.74. The van der Waals surface area contributed by atoms with Gasteiger partial charge < -0.3 is 10.1 Å². The smallest absolute Gasteiger partial charge is 0.337 e. The van der Waals surface area contributed by atoms with Gasteiger partial charge in [0, 0.05) is 11.4 Å². The van der Waals surface area contributed by atoms with Gasteiger partial charge in [0.25, 0.3) is 0 Å². The van der Waals surface area contributed by atoms with Gasteiger partial charge in [0.05, 0.1) is 23.1 Å².